The summed E-state index contributed by atoms with van der Waals surface area (Å²) in [5.74, 6) is -0.107. The van der Waals surface area contributed by atoms with Crippen molar-refractivity contribution in [2.24, 2.45) is 0 Å². The molecule has 0 unspecified atom stereocenters. The highest BCUT2D eigenvalue weighted by Crippen LogP contribution is 2.14. The van der Waals surface area contributed by atoms with Gasteiger partial charge in [0.05, 0.1) is 12.7 Å². The molecule has 0 aliphatic carbocycles. The van der Waals surface area contributed by atoms with Crippen LogP contribution in [0.1, 0.15) is 20.2 Å². The number of imidazole rings is 1. The van der Waals surface area contributed by atoms with Gasteiger partial charge in [0.2, 0.25) is 0 Å². The molecule has 0 spiro atoms. The Hall–Kier alpha value is -2.14. The molecule has 5 heteroatoms. The normalized spacial score (nSPS) is 10.8. The van der Waals surface area contributed by atoms with Gasteiger partial charge in [-0.1, -0.05) is 6.07 Å². The molecular weight excluding hydrogens is 258 g/mol. The van der Waals surface area contributed by atoms with E-state index in [0.717, 1.165) is 10.5 Å². The molecule has 1 N–H and O–H groups in total. The van der Waals surface area contributed by atoms with Gasteiger partial charge in [-0.15, -0.1) is 11.3 Å². The standard InChI is InChI=1S/C14H13N3OS/c1-10-5-6-11(19-10)8-16-14(18)12-9-15-13-4-2-3-7-17(12)13/h2-7,9H,8H2,1H3,(H,16,18). The molecular formula is C14H13N3OS. The van der Waals surface area contributed by atoms with Gasteiger partial charge in [0.25, 0.3) is 5.91 Å². The van der Waals surface area contributed by atoms with Crippen LogP contribution in [0.25, 0.3) is 5.65 Å². The molecule has 0 saturated heterocycles. The summed E-state index contributed by atoms with van der Waals surface area (Å²) in [4.78, 5) is 18.7. The van der Waals surface area contributed by atoms with Gasteiger partial charge >= 0.3 is 0 Å². The zero-order valence-electron chi connectivity index (χ0n) is 10.5. The van der Waals surface area contributed by atoms with Crippen LogP contribution in [0.3, 0.4) is 0 Å². The number of pyridine rings is 1. The minimum Gasteiger partial charge on any atom is -0.346 e. The number of carbonyl (C=O) groups is 1. The molecule has 96 valence electrons. The summed E-state index contributed by atoms with van der Waals surface area (Å²) < 4.78 is 1.79. The second kappa shape index (κ2) is 4.85. The zero-order chi connectivity index (χ0) is 13.2. The van der Waals surface area contributed by atoms with Crippen molar-refractivity contribution in [2.75, 3.05) is 0 Å². The van der Waals surface area contributed by atoms with Gasteiger partial charge in [0, 0.05) is 16.0 Å². The Morgan fingerprint density at radius 2 is 2.26 bits per heavy atom. The van der Waals surface area contributed by atoms with Crippen molar-refractivity contribution in [1.82, 2.24) is 14.7 Å². The van der Waals surface area contributed by atoms with Crippen molar-refractivity contribution in [3.05, 3.63) is 58.2 Å². The summed E-state index contributed by atoms with van der Waals surface area (Å²) in [6.45, 7) is 2.61. The number of hydrogen-bond donors (Lipinski definition) is 1. The third-order valence-electron chi connectivity index (χ3n) is 2.87. The van der Waals surface area contributed by atoms with Gasteiger partial charge in [-0.05, 0) is 31.2 Å². The zero-order valence-corrected chi connectivity index (χ0v) is 11.3. The third kappa shape index (κ3) is 2.37. The van der Waals surface area contributed by atoms with E-state index in [9.17, 15) is 4.79 Å². The summed E-state index contributed by atoms with van der Waals surface area (Å²) in [7, 11) is 0. The van der Waals surface area contributed by atoms with E-state index in [0.29, 0.717) is 12.2 Å². The first-order chi connectivity index (χ1) is 9.24. The number of nitrogens with zero attached hydrogens (tertiary/aromatic N) is 2. The monoisotopic (exact) mass is 271 g/mol. The minimum absolute atomic E-state index is 0.107. The Balaban J connectivity index is 1.77. The van der Waals surface area contributed by atoms with Crippen LogP contribution in [0, 0.1) is 6.92 Å². The van der Waals surface area contributed by atoms with Crippen LogP contribution in [0.4, 0.5) is 0 Å². The summed E-state index contributed by atoms with van der Waals surface area (Å²) in [6, 6.07) is 9.75. The lowest BCUT2D eigenvalue weighted by Gasteiger charge is -2.03. The maximum atomic E-state index is 12.1. The average molecular weight is 271 g/mol. The molecule has 3 rings (SSSR count). The van der Waals surface area contributed by atoms with Crippen LogP contribution in [-0.4, -0.2) is 15.3 Å². The number of aromatic nitrogens is 2. The summed E-state index contributed by atoms with van der Waals surface area (Å²) >= 11 is 1.69. The molecule has 1 amide bonds. The molecule has 0 atom stereocenters. The Labute approximate surface area is 114 Å². The van der Waals surface area contributed by atoms with Gasteiger partial charge < -0.3 is 5.32 Å². The van der Waals surface area contributed by atoms with E-state index in [-0.39, 0.29) is 5.91 Å². The van der Waals surface area contributed by atoms with Crippen molar-refractivity contribution in [2.45, 2.75) is 13.5 Å². The second-order valence-corrected chi connectivity index (χ2v) is 5.64. The highest BCUT2D eigenvalue weighted by atomic mass is 32.1. The fourth-order valence-corrected chi connectivity index (χ4v) is 2.77. The molecule has 0 saturated carbocycles. The van der Waals surface area contributed by atoms with Crippen LogP contribution in [0.15, 0.2) is 42.7 Å². The van der Waals surface area contributed by atoms with Gasteiger partial charge in [-0.2, -0.15) is 0 Å². The van der Waals surface area contributed by atoms with E-state index in [4.69, 9.17) is 0 Å². The highest BCUT2D eigenvalue weighted by molar-refractivity contribution is 7.11. The predicted molar refractivity (Wildman–Crippen MR) is 75.4 cm³/mol. The highest BCUT2D eigenvalue weighted by Gasteiger charge is 2.11. The van der Waals surface area contributed by atoms with E-state index >= 15 is 0 Å². The molecule has 3 aromatic rings. The molecule has 3 heterocycles. The first-order valence-electron chi connectivity index (χ1n) is 5.99. The number of hydrogen-bond acceptors (Lipinski definition) is 3. The molecule has 3 aromatic heterocycles. The number of thiophene rings is 1. The molecule has 4 nitrogen and oxygen atoms in total. The molecule has 0 aliphatic heterocycles. The third-order valence-corrected chi connectivity index (χ3v) is 3.87. The maximum Gasteiger partial charge on any atom is 0.270 e. The number of rotatable bonds is 3. The molecule has 19 heavy (non-hydrogen) atoms. The van der Waals surface area contributed by atoms with Crippen molar-refractivity contribution in [3.63, 3.8) is 0 Å². The van der Waals surface area contributed by atoms with Crippen molar-refractivity contribution >= 4 is 22.9 Å². The first-order valence-corrected chi connectivity index (χ1v) is 6.81. The molecule has 0 bridgehead atoms. The Bertz CT molecular complexity index is 729. The van der Waals surface area contributed by atoms with E-state index in [1.54, 1.807) is 21.9 Å². The van der Waals surface area contributed by atoms with Gasteiger partial charge in [0.15, 0.2) is 0 Å². The Kier molecular flexibility index (Phi) is 3.05. The van der Waals surface area contributed by atoms with Crippen LogP contribution in [0.5, 0.6) is 0 Å². The van der Waals surface area contributed by atoms with E-state index in [1.165, 1.54) is 4.88 Å². The lowest BCUT2D eigenvalue weighted by atomic mass is 10.4. The lowest BCUT2D eigenvalue weighted by molar-refractivity contribution is 0.0945. The van der Waals surface area contributed by atoms with Gasteiger partial charge in [-0.3, -0.25) is 9.20 Å². The van der Waals surface area contributed by atoms with E-state index < -0.39 is 0 Å². The Morgan fingerprint density at radius 3 is 3.05 bits per heavy atom. The summed E-state index contributed by atoms with van der Waals surface area (Å²) in [5.41, 5.74) is 1.34. The first kappa shape index (κ1) is 11.9. The average Bonchev–Trinajstić information content (AvgIpc) is 3.02. The number of amides is 1. The molecule has 0 aromatic carbocycles. The van der Waals surface area contributed by atoms with Crippen molar-refractivity contribution in [1.29, 1.82) is 0 Å². The Morgan fingerprint density at radius 1 is 1.37 bits per heavy atom. The second-order valence-electron chi connectivity index (χ2n) is 4.27. The van der Waals surface area contributed by atoms with Crippen LogP contribution < -0.4 is 5.32 Å². The predicted octanol–water partition coefficient (Wildman–Crippen LogP) is 2.63. The fourth-order valence-electron chi connectivity index (χ4n) is 1.94. The SMILES string of the molecule is Cc1ccc(CNC(=O)c2cnc3ccccn23)s1. The molecule has 0 radical (unpaired) electrons. The number of aryl methyl sites for hydroxylation is 1. The van der Waals surface area contributed by atoms with Crippen LogP contribution in [0.2, 0.25) is 0 Å². The summed E-state index contributed by atoms with van der Waals surface area (Å²) in [6.07, 6.45) is 3.44. The van der Waals surface area contributed by atoms with E-state index in [2.05, 4.69) is 23.3 Å². The molecule has 0 aliphatic rings. The van der Waals surface area contributed by atoms with Crippen LogP contribution >= 0.6 is 11.3 Å². The lowest BCUT2D eigenvalue weighted by Crippen LogP contribution is -2.23. The van der Waals surface area contributed by atoms with E-state index in [1.807, 2.05) is 30.5 Å². The number of carbonyl (C=O) groups excluding carboxylic acids is 1. The smallest absolute Gasteiger partial charge is 0.270 e. The maximum absolute atomic E-state index is 12.1. The topological polar surface area (TPSA) is 46.4 Å². The largest absolute Gasteiger partial charge is 0.346 e. The van der Waals surface area contributed by atoms with Crippen LogP contribution in [-0.2, 0) is 6.54 Å². The fraction of sp³-hybridized carbons (Fsp3) is 0.143. The van der Waals surface area contributed by atoms with Crippen molar-refractivity contribution in [3.8, 4) is 0 Å². The molecule has 0 fully saturated rings. The number of nitrogens with one attached hydrogen (secondary N) is 1. The van der Waals surface area contributed by atoms with Gasteiger partial charge in [0.1, 0.15) is 11.3 Å². The number of fused-ring (bicyclic) bond motifs is 1. The van der Waals surface area contributed by atoms with Gasteiger partial charge in [-0.25, -0.2) is 4.98 Å². The summed E-state index contributed by atoms with van der Waals surface area (Å²) in [5, 5.41) is 2.92. The quantitative estimate of drug-likeness (QED) is 0.796. The minimum atomic E-state index is -0.107. The van der Waals surface area contributed by atoms with Crippen molar-refractivity contribution < 1.29 is 4.79 Å².